The van der Waals surface area contributed by atoms with Crippen LogP contribution in [0.5, 0.6) is 0 Å². The standard InChI is InChI=1S/C17H20N2O3S/c1-13(14-7-5-4-6-8-14)18-17(20)15-9-11-16(12-10-15)19(2)23(3,21)22/h4-13H,1-3H3,(H,18,20)/t13-/m0/s1. The molecule has 0 aliphatic heterocycles. The molecule has 0 heterocycles. The number of anilines is 1. The zero-order chi connectivity index (χ0) is 17.0. The molecule has 1 atom stereocenters. The van der Waals surface area contributed by atoms with Gasteiger partial charge in [-0.15, -0.1) is 0 Å². The monoisotopic (exact) mass is 332 g/mol. The first-order valence-electron chi connectivity index (χ1n) is 7.19. The fourth-order valence-electron chi connectivity index (χ4n) is 2.12. The molecule has 0 spiro atoms. The lowest BCUT2D eigenvalue weighted by atomic mass is 10.1. The summed E-state index contributed by atoms with van der Waals surface area (Å²) in [6, 6.07) is 16.0. The van der Waals surface area contributed by atoms with E-state index in [9.17, 15) is 13.2 Å². The van der Waals surface area contributed by atoms with Crippen LogP contribution in [0.2, 0.25) is 0 Å². The second-order valence-electron chi connectivity index (χ2n) is 5.38. The Labute approximate surface area is 137 Å². The van der Waals surface area contributed by atoms with Crippen LogP contribution in [0.3, 0.4) is 0 Å². The predicted octanol–water partition coefficient (Wildman–Crippen LogP) is 2.57. The Morgan fingerprint density at radius 1 is 1.04 bits per heavy atom. The first-order chi connectivity index (χ1) is 10.8. The lowest BCUT2D eigenvalue weighted by Gasteiger charge is -2.17. The van der Waals surface area contributed by atoms with E-state index in [1.807, 2.05) is 37.3 Å². The molecule has 0 saturated heterocycles. The minimum Gasteiger partial charge on any atom is -0.346 e. The van der Waals surface area contributed by atoms with E-state index >= 15 is 0 Å². The summed E-state index contributed by atoms with van der Waals surface area (Å²) in [4.78, 5) is 12.3. The average molecular weight is 332 g/mol. The molecule has 0 aromatic heterocycles. The fraction of sp³-hybridized carbons (Fsp3) is 0.235. The highest BCUT2D eigenvalue weighted by Gasteiger charge is 2.14. The highest BCUT2D eigenvalue weighted by Crippen LogP contribution is 2.17. The number of rotatable bonds is 5. The largest absolute Gasteiger partial charge is 0.346 e. The number of carbonyl (C=O) groups is 1. The van der Waals surface area contributed by atoms with Gasteiger partial charge in [0.1, 0.15) is 0 Å². The molecule has 5 nitrogen and oxygen atoms in total. The van der Waals surface area contributed by atoms with Crippen molar-refractivity contribution in [1.82, 2.24) is 5.32 Å². The normalized spacial score (nSPS) is 12.5. The molecule has 122 valence electrons. The van der Waals surface area contributed by atoms with Gasteiger partial charge in [-0.25, -0.2) is 8.42 Å². The van der Waals surface area contributed by atoms with Crippen LogP contribution in [-0.4, -0.2) is 27.6 Å². The van der Waals surface area contributed by atoms with Gasteiger partial charge in [0.15, 0.2) is 0 Å². The molecule has 23 heavy (non-hydrogen) atoms. The average Bonchev–Trinajstić information content (AvgIpc) is 2.54. The maximum absolute atomic E-state index is 12.3. The van der Waals surface area contributed by atoms with Crippen molar-refractivity contribution in [2.24, 2.45) is 0 Å². The molecule has 0 aliphatic rings. The first-order valence-corrected chi connectivity index (χ1v) is 9.03. The third kappa shape index (κ3) is 4.32. The molecular formula is C17H20N2O3S. The second kappa shape index (κ2) is 6.83. The molecule has 0 unspecified atom stereocenters. The van der Waals surface area contributed by atoms with Crippen molar-refractivity contribution in [3.63, 3.8) is 0 Å². The SMILES string of the molecule is C[C@H](NC(=O)c1ccc(N(C)S(C)(=O)=O)cc1)c1ccccc1. The van der Waals surface area contributed by atoms with Crippen LogP contribution in [0.1, 0.15) is 28.9 Å². The Balaban J connectivity index is 2.09. The van der Waals surface area contributed by atoms with Crippen LogP contribution in [0.25, 0.3) is 0 Å². The van der Waals surface area contributed by atoms with Gasteiger partial charge in [0, 0.05) is 12.6 Å². The number of nitrogens with zero attached hydrogens (tertiary/aromatic N) is 1. The van der Waals surface area contributed by atoms with Crippen LogP contribution < -0.4 is 9.62 Å². The maximum Gasteiger partial charge on any atom is 0.251 e. The van der Waals surface area contributed by atoms with Crippen molar-refractivity contribution in [2.75, 3.05) is 17.6 Å². The van der Waals surface area contributed by atoms with E-state index in [4.69, 9.17) is 0 Å². The van der Waals surface area contributed by atoms with Crippen molar-refractivity contribution in [2.45, 2.75) is 13.0 Å². The number of sulfonamides is 1. The second-order valence-corrected chi connectivity index (χ2v) is 7.40. The van der Waals surface area contributed by atoms with Crippen molar-refractivity contribution in [1.29, 1.82) is 0 Å². The molecule has 0 saturated carbocycles. The Hall–Kier alpha value is -2.34. The van der Waals surface area contributed by atoms with Gasteiger partial charge in [0.2, 0.25) is 10.0 Å². The predicted molar refractivity (Wildman–Crippen MR) is 92.0 cm³/mol. The van der Waals surface area contributed by atoms with Crippen molar-refractivity contribution < 1.29 is 13.2 Å². The summed E-state index contributed by atoms with van der Waals surface area (Å²) in [6.07, 6.45) is 1.13. The molecule has 0 radical (unpaired) electrons. The molecule has 2 aromatic rings. The van der Waals surface area contributed by atoms with E-state index in [1.165, 1.54) is 11.4 Å². The highest BCUT2D eigenvalue weighted by atomic mass is 32.2. The number of hydrogen-bond donors (Lipinski definition) is 1. The van der Waals surface area contributed by atoms with E-state index in [2.05, 4.69) is 5.32 Å². The zero-order valence-corrected chi connectivity index (χ0v) is 14.2. The van der Waals surface area contributed by atoms with Crippen molar-refractivity contribution in [3.05, 3.63) is 65.7 Å². The minimum atomic E-state index is -3.31. The zero-order valence-electron chi connectivity index (χ0n) is 13.4. The molecule has 1 N–H and O–H groups in total. The van der Waals surface area contributed by atoms with Crippen molar-refractivity contribution >= 4 is 21.6 Å². The minimum absolute atomic E-state index is 0.109. The van der Waals surface area contributed by atoms with E-state index in [-0.39, 0.29) is 11.9 Å². The lowest BCUT2D eigenvalue weighted by Crippen LogP contribution is -2.27. The lowest BCUT2D eigenvalue weighted by molar-refractivity contribution is 0.0940. The Bertz CT molecular complexity index is 771. The topological polar surface area (TPSA) is 66.5 Å². The van der Waals surface area contributed by atoms with Gasteiger partial charge in [-0.05, 0) is 36.8 Å². The van der Waals surface area contributed by atoms with Crippen LogP contribution in [0, 0.1) is 0 Å². The number of hydrogen-bond acceptors (Lipinski definition) is 3. The Kier molecular flexibility index (Phi) is 5.05. The van der Waals surface area contributed by atoms with Crippen LogP contribution in [-0.2, 0) is 10.0 Å². The summed E-state index contributed by atoms with van der Waals surface area (Å²) in [5, 5.41) is 2.92. The van der Waals surface area contributed by atoms with Gasteiger partial charge in [-0.3, -0.25) is 9.10 Å². The smallest absolute Gasteiger partial charge is 0.251 e. The molecule has 2 rings (SSSR count). The summed E-state index contributed by atoms with van der Waals surface area (Å²) in [5.41, 5.74) is 2.02. The van der Waals surface area contributed by atoms with Gasteiger partial charge in [0.05, 0.1) is 18.0 Å². The van der Waals surface area contributed by atoms with Gasteiger partial charge >= 0.3 is 0 Å². The first kappa shape index (κ1) is 17.0. The van der Waals surface area contributed by atoms with Gasteiger partial charge in [0.25, 0.3) is 5.91 Å². The summed E-state index contributed by atoms with van der Waals surface area (Å²) in [6.45, 7) is 1.92. The highest BCUT2D eigenvalue weighted by molar-refractivity contribution is 7.92. The number of nitrogens with one attached hydrogen (secondary N) is 1. The quantitative estimate of drug-likeness (QED) is 0.915. The molecule has 1 amide bonds. The molecular weight excluding hydrogens is 312 g/mol. The Morgan fingerprint density at radius 3 is 2.13 bits per heavy atom. The Morgan fingerprint density at radius 2 is 1.61 bits per heavy atom. The van der Waals surface area contributed by atoms with Crippen LogP contribution in [0.15, 0.2) is 54.6 Å². The van der Waals surface area contributed by atoms with Gasteiger partial charge in [-0.2, -0.15) is 0 Å². The molecule has 0 aliphatic carbocycles. The van der Waals surface area contributed by atoms with Crippen LogP contribution in [0.4, 0.5) is 5.69 Å². The van der Waals surface area contributed by atoms with Gasteiger partial charge < -0.3 is 5.32 Å². The third-order valence-electron chi connectivity index (χ3n) is 3.64. The van der Waals surface area contributed by atoms with E-state index in [1.54, 1.807) is 24.3 Å². The summed E-state index contributed by atoms with van der Waals surface area (Å²) in [7, 11) is -1.84. The van der Waals surface area contributed by atoms with Crippen molar-refractivity contribution in [3.8, 4) is 0 Å². The maximum atomic E-state index is 12.3. The van der Waals surface area contributed by atoms with E-state index in [0.717, 1.165) is 11.8 Å². The summed E-state index contributed by atoms with van der Waals surface area (Å²) >= 11 is 0. The molecule has 2 aromatic carbocycles. The summed E-state index contributed by atoms with van der Waals surface area (Å²) in [5.74, 6) is -0.199. The van der Waals surface area contributed by atoms with E-state index < -0.39 is 10.0 Å². The third-order valence-corrected chi connectivity index (χ3v) is 4.84. The fourth-order valence-corrected chi connectivity index (χ4v) is 2.62. The van der Waals surface area contributed by atoms with E-state index in [0.29, 0.717) is 11.3 Å². The van der Waals surface area contributed by atoms with Crippen LogP contribution >= 0.6 is 0 Å². The summed E-state index contributed by atoms with van der Waals surface area (Å²) < 4.78 is 24.2. The number of amides is 1. The van der Waals surface area contributed by atoms with Gasteiger partial charge in [-0.1, -0.05) is 30.3 Å². The number of carbonyl (C=O) groups excluding carboxylic acids is 1. The molecule has 6 heteroatoms. The molecule has 0 bridgehead atoms. The number of benzene rings is 2. The molecule has 0 fully saturated rings.